The summed E-state index contributed by atoms with van der Waals surface area (Å²) in [4.78, 5) is 15.4. The Balaban J connectivity index is 2.12. The van der Waals surface area contributed by atoms with E-state index >= 15 is 0 Å². The lowest BCUT2D eigenvalue weighted by Crippen LogP contribution is -2.15. The van der Waals surface area contributed by atoms with Crippen LogP contribution in [0.15, 0.2) is 29.3 Å². The first-order valence-corrected chi connectivity index (χ1v) is 10.6. The minimum Gasteiger partial charge on any atom is -0.294 e. The minimum atomic E-state index is -4.16. The SMILES string of the molecule is CC(C)(C)CCCC(=O)c1ccc(S(=O)(=O)Nc2ncc(Cl)s2)c(F)c1. The van der Waals surface area contributed by atoms with E-state index in [9.17, 15) is 17.6 Å². The Kier molecular flexibility index (Phi) is 6.42. The summed E-state index contributed by atoms with van der Waals surface area (Å²) in [6.07, 6.45) is 3.14. The van der Waals surface area contributed by atoms with Gasteiger partial charge < -0.3 is 0 Å². The highest BCUT2D eigenvalue weighted by Crippen LogP contribution is 2.27. The third-order valence-electron chi connectivity index (χ3n) is 3.57. The molecule has 1 N–H and O–H groups in total. The fraction of sp³-hybridized carbons (Fsp3) is 0.412. The Morgan fingerprint density at radius 3 is 2.58 bits per heavy atom. The zero-order chi connectivity index (χ0) is 19.5. The number of benzene rings is 1. The molecule has 0 bridgehead atoms. The molecule has 0 aliphatic rings. The van der Waals surface area contributed by atoms with Crippen molar-refractivity contribution < 1.29 is 17.6 Å². The summed E-state index contributed by atoms with van der Waals surface area (Å²) in [5, 5.41) is 0.0386. The summed E-state index contributed by atoms with van der Waals surface area (Å²) in [5.41, 5.74) is 0.279. The normalized spacial score (nSPS) is 12.2. The molecular formula is C17H20ClFN2O3S2. The number of nitrogens with zero attached hydrogens (tertiary/aromatic N) is 1. The van der Waals surface area contributed by atoms with Gasteiger partial charge in [-0.1, -0.05) is 43.7 Å². The van der Waals surface area contributed by atoms with E-state index in [4.69, 9.17) is 11.6 Å². The van der Waals surface area contributed by atoms with Gasteiger partial charge in [0.1, 0.15) is 15.0 Å². The highest BCUT2D eigenvalue weighted by atomic mass is 35.5. The summed E-state index contributed by atoms with van der Waals surface area (Å²) < 4.78 is 41.3. The van der Waals surface area contributed by atoms with Crippen LogP contribution < -0.4 is 4.72 Å². The van der Waals surface area contributed by atoms with Crippen LogP contribution in [0.5, 0.6) is 0 Å². The Morgan fingerprint density at radius 1 is 1.35 bits per heavy atom. The predicted octanol–water partition coefficient (Wildman–Crippen LogP) is 5.14. The van der Waals surface area contributed by atoms with Gasteiger partial charge in [-0.05, 0) is 36.5 Å². The number of ketones is 1. The van der Waals surface area contributed by atoms with Gasteiger partial charge >= 0.3 is 0 Å². The van der Waals surface area contributed by atoms with E-state index in [1.807, 2.05) is 0 Å². The summed E-state index contributed by atoms with van der Waals surface area (Å²) in [7, 11) is -4.16. The molecule has 0 amide bonds. The van der Waals surface area contributed by atoms with Crippen molar-refractivity contribution in [1.29, 1.82) is 0 Å². The van der Waals surface area contributed by atoms with Crippen LogP contribution >= 0.6 is 22.9 Å². The average Bonchev–Trinajstić information content (AvgIpc) is 2.89. The van der Waals surface area contributed by atoms with Crippen LogP contribution in [0.4, 0.5) is 9.52 Å². The largest absolute Gasteiger partial charge is 0.294 e. The number of hydrogen-bond acceptors (Lipinski definition) is 5. The van der Waals surface area contributed by atoms with Crippen LogP contribution in [-0.4, -0.2) is 19.2 Å². The zero-order valence-electron chi connectivity index (χ0n) is 14.7. The van der Waals surface area contributed by atoms with Crippen molar-refractivity contribution in [1.82, 2.24) is 4.98 Å². The molecule has 1 aromatic heterocycles. The number of carbonyl (C=O) groups is 1. The van der Waals surface area contributed by atoms with E-state index in [2.05, 4.69) is 30.5 Å². The van der Waals surface area contributed by atoms with Gasteiger partial charge in [-0.15, -0.1) is 0 Å². The van der Waals surface area contributed by atoms with Crippen molar-refractivity contribution >= 4 is 43.9 Å². The molecule has 0 saturated heterocycles. The van der Waals surface area contributed by atoms with E-state index in [1.165, 1.54) is 12.3 Å². The maximum Gasteiger partial charge on any atom is 0.266 e. The second-order valence-electron chi connectivity index (χ2n) is 7.06. The zero-order valence-corrected chi connectivity index (χ0v) is 17.1. The molecule has 2 rings (SSSR count). The monoisotopic (exact) mass is 418 g/mol. The molecule has 5 nitrogen and oxygen atoms in total. The van der Waals surface area contributed by atoms with Crippen molar-refractivity contribution in [2.45, 2.75) is 44.9 Å². The fourth-order valence-electron chi connectivity index (χ4n) is 2.29. The quantitative estimate of drug-likeness (QED) is 0.632. The first-order chi connectivity index (χ1) is 12.0. The van der Waals surface area contributed by atoms with Gasteiger partial charge in [-0.3, -0.25) is 9.52 Å². The first-order valence-electron chi connectivity index (χ1n) is 7.95. The van der Waals surface area contributed by atoms with Gasteiger partial charge in [0.15, 0.2) is 10.9 Å². The number of thiazole rings is 1. The maximum atomic E-state index is 14.3. The molecule has 0 atom stereocenters. The molecule has 0 radical (unpaired) electrons. The number of rotatable bonds is 7. The van der Waals surface area contributed by atoms with E-state index in [1.54, 1.807) is 0 Å². The lowest BCUT2D eigenvalue weighted by Gasteiger charge is -2.17. The summed E-state index contributed by atoms with van der Waals surface area (Å²) in [6, 6.07) is 3.37. The van der Waals surface area contributed by atoms with Gasteiger partial charge in [-0.25, -0.2) is 17.8 Å². The average molecular weight is 419 g/mol. The number of nitrogens with one attached hydrogen (secondary N) is 1. The van der Waals surface area contributed by atoms with E-state index in [0.717, 1.165) is 29.9 Å². The second kappa shape index (κ2) is 8.02. The second-order valence-corrected chi connectivity index (χ2v) is 10.4. The van der Waals surface area contributed by atoms with Crippen molar-refractivity contribution in [2.75, 3.05) is 4.72 Å². The highest BCUT2D eigenvalue weighted by molar-refractivity contribution is 7.93. The van der Waals surface area contributed by atoms with Crippen LogP contribution in [0.2, 0.25) is 4.34 Å². The molecular weight excluding hydrogens is 399 g/mol. The number of carbonyl (C=O) groups excluding carboxylic acids is 1. The molecule has 9 heteroatoms. The number of sulfonamides is 1. The Morgan fingerprint density at radius 2 is 2.04 bits per heavy atom. The van der Waals surface area contributed by atoms with Gasteiger partial charge in [-0.2, -0.15) is 0 Å². The standard InChI is InChI=1S/C17H20ClFN2O3S2/c1-17(2,3)8-4-5-13(22)11-6-7-14(12(19)9-11)26(23,24)21-16-20-10-15(18)25-16/h6-7,9-10H,4-5,8H2,1-3H3,(H,20,21). The van der Waals surface area contributed by atoms with E-state index in [0.29, 0.717) is 17.2 Å². The topological polar surface area (TPSA) is 76.1 Å². The molecule has 0 aliphatic carbocycles. The van der Waals surface area contributed by atoms with Gasteiger partial charge in [0.25, 0.3) is 10.0 Å². The molecule has 0 saturated carbocycles. The van der Waals surface area contributed by atoms with Crippen LogP contribution in [-0.2, 0) is 10.0 Å². The lowest BCUT2D eigenvalue weighted by atomic mass is 9.89. The van der Waals surface area contributed by atoms with Crippen molar-refractivity contribution in [3.63, 3.8) is 0 Å². The number of hydrogen-bond donors (Lipinski definition) is 1. The fourth-order valence-corrected chi connectivity index (χ4v) is 4.40. The Hall–Kier alpha value is -1.51. The van der Waals surface area contributed by atoms with E-state index in [-0.39, 0.29) is 21.9 Å². The predicted molar refractivity (Wildman–Crippen MR) is 102 cm³/mol. The molecule has 142 valence electrons. The number of halogens is 2. The van der Waals surface area contributed by atoms with Gasteiger partial charge in [0.05, 0.1) is 6.20 Å². The molecule has 0 unspecified atom stereocenters. The van der Waals surface area contributed by atoms with Crippen molar-refractivity contribution in [2.24, 2.45) is 5.41 Å². The van der Waals surface area contributed by atoms with Gasteiger partial charge in [0.2, 0.25) is 0 Å². The first kappa shape index (κ1) is 20.8. The van der Waals surface area contributed by atoms with Crippen LogP contribution in [0.25, 0.3) is 0 Å². The number of anilines is 1. The lowest BCUT2D eigenvalue weighted by molar-refractivity contribution is 0.0975. The minimum absolute atomic E-state index is 0.0386. The maximum absolute atomic E-state index is 14.3. The van der Waals surface area contributed by atoms with Crippen molar-refractivity contribution in [3.8, 4) is 0 Å². The smallest absolute Gasteiger partial charge is 0.266 e. The third kappa shape index (κ3) is 5.75. The summed E-state index contributed by atoms with van der Waals surface area (Å²) in [5.74, 6) is -1.20. The Bertz CT molecular complexity index is 905. The molecule has 1 aromatic carbocycles. The van der Waals surface area contributed by atoms with Gasteiger partial charge in [0, 0.05) is 12.0 Å². The third-order valence-corrected chi connectivity index (χ3v) is 6.10. The summed E-state index contributed by atoms with van der Waals surface area (Å²) >= 11 is 6.62. The molecule has 26 heavy (non-hydrogen) atoms. The highest BCUT2D eigenvalue weighted by Gasteiger charge is 2.22. The Labute approximate surface area is 161 Å². The van der Waals surface area contributed by atoms with E-state index < -0.39 is 20.7 Å². The number of aromatic nitrogens is 1. The van der Waals surface area contributed by atoms with Crippen LogP contribution in [0.1, 0.15) is 50.4 Å². The van der Waals surface area contributed by atoms with Crippen LogP contribution in [0.3, 0.4) is 0 Å². The summed E-state index contributed by atoms with van der Waals surface area (Å²) in [6.45, 7) is 6.25. The molecule has 0 fully saturated rings. The van der Waals surface area contributed by atoms with Crippen molar-refractivity contribution in [3.05, 3.63) is 40.1 Å². The number of Topliss-reactive ketones (excluding diaryl/α,β-unsaturated/α-hetero) is 1. The molecule has 0 aliphatic heterocycles. The van der Waals surface area contributed by atoms with Crippen LogP contribution in [0, 0.1) is 11.2 Å². The molecule has 2 aromatic rings. The molecule has 1 heterocycles. The molecule has 0 spiro atoms.